The summed E-state index contributed by atoms with van der Waals surface area (Å²) in [5.41, 5.74) is 2.54. The van der Waals surface area contributed by atoms with Crippen molar-refractivity contribution in [2.75, 3.05) is 6.61 Å². The van der Waals surface area contributed by atoms with Crippen LogP contribution in [0.1, 0.15) is 53.9 Å². The number of hydrogen-bond donors (Lipinski definition) is 0. The van der Waals surface area contributed by atoms with Gasteiger partial charge in [0, 0.05) is 26.7 Å². The second kappa shape index (κ2) is 6.22. The van der Waals surface area contributed by atoms with E-state index in [1.807, 2.05) is 0 Å². The zero-order valence-electron chi connectivity index (χ0n) is 12.5. The van der Waals surface area contributed by atoms with Gasteiger partial charge in [0.15, 0.2) is 0 Å². The number of hydrogen-bond acceptors (Lipinski definition) is 4. The summed E-state index contributed by atoms with van der Waals surface area (Å²) in [5, 5.41) is 0. The molecule has 4 heteroatoms. The van der Waals surface area contributed by atoms with Crippen molar-refractivity contribution < 1.29 is 19.1 Å². The van der Waals surface area contributed by atoms with Gasteiger partial charge in [-0.15, -0.1) is 0 Å². The molecule has 0 amide bonds. The fourth-order valence-electron chi connectivity index (χ4n) is 2.97. The third-order valence-electron chi connectivity index (χ3n) is 3.59. The Morgan fingerprint density at radius 3 is 2.37 bits per heavy atom. The Hall–Kier alpha value is -1.32. The van der Waals surface area contributed by atoms with Gasteiger partial charge >= 0.3 is 11.9 Å². The topological polar surface area (TPSA) is 52.6 Å². The molecule has 19 heavy (non-hydrogen) atoms. The first kappa shape index (κ1) is 15.7. The summed E-state index contributed by atoms with van der Waals surface area (Å²) in [6, 6.07) is 0. The van der Waals surface area contributed by atoms with Crippen LogP contribution in [-0.2, 0) is 19.1 Å². The zero-order valence-corrected chi connectivity index (χ0v) is 12.5. The second-order valence-corrected chi connectivity index (χ2v) is 5.87. The molecular weight excluding hydrogens is 244 g/mol. The molecule has 4 nitrogen and oxygen atoms in total. The van der Waals surface area contributed by atoms with Crippen LogP contribution in [0.2, 0.25) is 0 Å². The maximum absolute atomic E-state index is 11.1. The second-order valence-electron chi connectivity index (χ2n) is 5.87. The fraction of sp³-hybridized carbons (Fsp3) is 0.733. The van der Waals surface area contributed by atoms with E-state index in [0.29, 0.717) is 6.61 Å². The van der Waals surface area contributed by atoms with Crippen LogP contribution < -0.4 is 0 Å². The van der Waals surface area contributed by atoms with Crippen LogP contribution in [0.4, 0.5) is 0 Å². The largest absolute Gasteiger partial charge is 0.466 e. The molecule has 1 aliphatic carbocycles. The number of rotatable bonds is 4. The Labute approximate surface area is 115 Å². The van der Waals surface area contributed by atoms with Crippen molar-refractivity contribution in [3.8, 4) is 0 Å². The highest BCUT2D eigenvalue weighted by Gasteiger charge is 2.34. The van der Waals surface area contributed by atoms with E-state index >= 15 is 0 Å². The Morgan fingerprint density at radius 2 is 1.89 bits per heavy atom. The zero-order chi connectivity index (χ0) is 14.6. The molecular formula is C15H24O4. The van der Waals surface area contributed by atoms with Gasteiger partial charge in [-0.2, -0.15) is 0 Å². The minimum absolute atomic E-state index is 0.0252. The Balaban J connectivity index is 2.73. The summed E-state index contributed by atoms with van der Waals surface area (Å²) in [6.45, 7) is 9.65. The molecule has 0 radical (unpaired) electrons. The summed E-state index contributed by atoms with van der Waals surface area (Å²) < 4.78 is 10.3. The fourth-order valence-corrected chi connectivity index (χ4v) is 2.97. The average molecular weight is 268 g/mol. The molecule has 0 saturated heterocycles. The minimum Gasteiger partial charge on any atom is -0.466 e. The first-order valence-electron chi connectivity index (χ1n) is 6.72. The molecule has 0 unspecified atom stereocenters. The molecule has 1 rings (SSSR count). The molecule has 0 aliphatic heterocycles. The SMILES string of the molecule is CC(=O)OCCC1=C(C)C[C@@H](OC(C)=O)CC1(C)C. The first-order chi connectivity index (χ1) is 8.72. The quantitative estimate of drug-likeness (QED) is 0.581. The van der Waals surface area contributed by atoms with Crippen LogP contribution in [0.15, 0.2) is 11.1 Å². The van der Waals surface area contributed by atoms with E-state index in [-0.39, 0.29) is 23.5 Å². The van der Waals surface area contributed by atoms with Gasteiger partial charge in [-0.05, 0) is 18.8 Å². The molecule has 0 N–H and O–H groups in total. The highest BCUT2D eigenvalue weighted by molar-refractivity contribution is 5.66. The van der Waals surface area contributed by atoms with Gasteiger partial charge in [0.2, 0.25) is 0 Å². The highest BCUT2D eigenvalue weighted by atomic mass is 16.5. The molecule has 0 aromatic carbocycles. The average Bonchev–Trinajstić information content (AvgIpc) is 2.19. The molecule has 1 atom stereocenters. The maximum Gasteiger partial charge on any atom is 0.302 e. The van der Waals surface area contributed by atoms with Gasteiger partial charge in [0.1, 0.15) is 6.10 Å². The molecule has 108 valence electrons. The van der Waals surface area contributed by atoms with E-state index in [1.165, 1.54) is 25.0 Å². The molecule has 0 aromatic rings. The van der Waals surface area contributed by atoms with Gasteiger partial charge in [0.25, 0.3) is 0 Å². The van der Waals surface area contributed by atoms with Crippen LogP contribution >= 0.6 is 0 Å². The monoisotopic (exact) mass is 268 g/mol. The Morgan fingerprint density at radius 1 is 1.26 bits per heavy atom. The lowest BCUT2D eigenvalue weighted by Crippen LogP contribution is -2.32. The summed E-state index contributed by atoms with van der Waals surface area (Å²) in [5.74, 6) is -0.471. The standard InChI is InChI=1S/C15H24O4/c1-10-8-13(19-12(3)17)9-15(4,5)14(10)6-7-18-11(2)16/h13H,6-9H2,1-5H3/t13-/m1/s1. The summed E-state index contributed by atoms with van der Waals surface area (Å²) in [7, 11) is 0. The minimum atomic E-state index is -0.246. The Kier molecular flexibility index (Phi) is 5.15. The Bertz CT molecular complexity index is 393. The summed E-state index contributed by atoms with van der Waals surface area (Å²) >= 11 is 0. The number of carbonyl (C=O) groups is 2. The smallest absolute Gasteiger partial charge is 0.302 e. The van der Waals surface area contributed by atoms with Crippen LogP contribution in [0.25, 0.3) is 0 Å². The van der Waals surface area contributed by atoms with Crippen molar-refractivity contribution in [3.63, 3.8) is 0 Å². The van der Waals surface area contributed by atoms with E-state index in [9.17, 15) is 9.59 Å². The van der Waals surface area contributed by atoms with E-state index in [1.54, 1.807) is 0 Å². The predicted octanol–water partition coefficient (Wildman–Crippen LogP) is 3.01. The van der Waals surface area contributed by atoms with Crippen molar-refractivity contribution in [1.82, 2.24) is 0 Å². The summed E-state index contributed by atoms with van der Waals surface area (Å²) in [4.78, 5) is 21.9. The van der Waals surface area contributed by atoms with Crippen LogP contribution in [0.5, 0.6) is 0 Å². The number of ether oxygens (including phenoxy) is 2. The van der Waals surface area contributed by atoms with Gasteiger partial charge in [-0.25, -0.2) is 0 Å². The predicted molar refractivity (Wildman–Crippen MR) is 72.5 cm³/mol. The van der Waals surface area contributed by atoms with Crippen molar-refractivity contribution in [2.24, 2.45) is 5.41 Å². The maximum atomic E-state index is 11.1. The lowest BCUT2D eigenvalue weighted by atomic mass is 9.70. The van der Waals surface area contributed by atoms with E-state index in [0.717, 1.165) is 19.3 Å². The van der Waals surface area contributed by atoms with E-state index < -0.39 is 0 Å². The molecule has 1 aliphatic rings. The normalized spacial score (nSPS) is 22.1. The van der Waals surface area contributed by atoms with Crippen molar-refractivity contribution in [1.29, 1.82) is 0 Å². The molecule has 0 aromatic heterocycles. The lowest BCUT2D eigenvalue weighted by Gasteiger charge is -2.38. The summed E-state index contributed by atoms with van der Waals surface area (Å²) in [6.07, 6.45) is 2.31. The third-order valence-corrected chi connectivity index (χ3v) is 3.59. The molecule has 0 bridgehead atoms. The van der Waals surface area contributed by atoms with Gasteiger partial charge in [0.05, 0.1) is 6.61 Å². The molecule has 0 spiro atoms. The lowest BCUT2D eigenvalue weighted by molar-refractivity contribution is -0.148. The van der Waals surface area contributed by atoms with Gasteiger partial charge in [-0.1, -0.05) is 25.0 Å². The highest BCUT2D eigenvalue weighted by Crippen LogP contribution is 2.42. The van der Waals surface area contributed by atoms with Gasteiger partial charge < -0.3 is 9.47 Å². The van der Waals surface area contributed by atoms with Crippen molar-refractivity contribution in [2.45, 2.75) is 60.0 Å². The van der Waals surface area contributed by atoms with Crippen LogP contribution in [-0.4, -0.2) is 24.6 Å². The van der Waals surface area contributed by atoms with E-state index in [2.05, 4.69) is 20.8 Å². The molecule has 0 fully saturated rings. The molecule has 0 saturated carbocycles. The van der Waals surface area contributed by atoms with Gasteiger partial charge in [-0.3, -0.25) is 9.59 Å². The van der Waals surface area contributed by atoms with Crippen LogP contribution in [0.3, 0.4) is 0 Å². The number of carbonyl (C=O) groups excluding carboxylic acids is 2. The van der Waals surface area contributed by atoms with Crippen LogP contribution in [0, 0.1) is 5.41 Å². The van der Waals surface area contributed by atoms with Crippen molar-refractivity contribution >= 4 is 11.9 Å². The number of esters is 2. The first-order valence-corrected chi connectivity index (χ1v) is 6.72. The van der Waals surface area contributed by atoms with E-state index in [4.69, 9.17) is 9.47 Å². The molecule has 0 heterocycles. The van der Waals surface area contributed by atoms with Crippen molar-refractivity contribution in [3.05, 3.63) is 11.1 Å². The third kappa shape index (κ3) is 4.69.